The Morgan fingerprint density at radius 3 is 2.74 bits per heavy atom. The first kappa shape index (κ1) is 25.0. The molecule has 0 aliphatic carbocycles. The van der Waals surface area contributed by atoms with E-state index >= 15 is 0 Å². The molecule has 1 atom stereocenters. The molecule has 4 aromatic rings. The normalized spacial score (nSPS) is 18.0. The zero-order valence-electron chi connectivity index (χ0n) is 22.1. The van der Waals surface area contributed by atoms with E-state index in [2.05, 4.69) is 40.5 Å². The first-order valence-corrected chi connectivity index (χ1v) is 13.3. The van der Waals surface area contributed by atoms with Gasteiger partial charge in [-0.3, -0.25) is 14.6 Å². The summed E-state index contributed by atoms with van der Waals surface area (Å²) >= 11 is 0. The molecule has 1 fully saturated rings. The van der Waals surface area contributed by atoms with Gasteiger partial charge < -0.3 is 20.3 Å². The van der Waals surface area contributed by atoms with E-state index in [4.69, 9.17) is 4.74 Å². The summed E-state index contributed by atoms with van der Waals surface area (Å²) in [5.74, 6) is 0.247. The van der Waals surface area contributed by atoms with Gasteiger partial charge in [0, 0.05) is 60.5 Å². The fourth-order valence-electron chi connectivity index (χ4n) is 5.60. The molecule has 8 nitrogen and oxygen atoms in total. The molecule has 1 saturated heterocycles. The maximum atomic E-state index is 13.4. The largest absolute Gasteiger partial charge is 0.368 e. The van der Waals surface area contributed by atoms with Crippen molar-refractivity contribution in [2.45, 2.75) is 44.8 Å². The Kier molecular flexibility index (Phi) is 6.48. The Balaban J connectivity index is 1.22. The van der Waals surface area contributed by atoms with E-state index in [0.717, 1.165) is 34.9 Å². The standard InChI is InChI=1S/C31H31N5O3/c1-31(2)19-36(30(38)27-6-4-14-39-27)18-22-16-24(9-10-26(22)31)35-29(37)25-5-3-12-33-28(25)34-23-8-7-20-11-13-32-17-21(20)15-23/h3,5,7-13,15-17,27H,4,6,14,18-19H2,1-2H3,(H,33,34)(H,35,37). The number of amides is 2. The third-order valence-electron chi connectivity index (χ3n) is 7.51. The van der Waals surface area contributed by atoms with Crippen molar-refractivity contribution in [2.24, 2.45) is 0 Å². The molecule has 2 aliphatic heterocycles. The average molecular weight is 522 g/mol. The number of nitrogens with one attached hydrogen (secondary N) is 2. The molecule has 0 radical (unpaired) electrons. The summed E-state index contributed by atoms with van der Waals surface area (Å²) < 4.78 is 5.66. The molecule has 0 saturated carbocycles. The fraction of sp³-hybridized carbons (Fsp3) is 0.290. The molecular formula is C31H31N5O3. The van der Waals surface area contributed by atoms with Gasteiger partial charge in [-0.05, 0) is 71.8 Å². The average Bonchev–Trinajstić information content (AvgIpc) is 3.47. The second-order valence-corrected chi connectivity index (χ2v) is 10.9. The van der Waals surface area contributed by atoms with Crippen LogP contribution in [0.25, 0.3) is 10.8 Å². The molecular weight excluding hydrogens is 490 g/mol. The zero-order valence-corrected chi connectivity index (χ0v) is 22.1. The van der Waals surface area contributed by atoms with Crippen molar-refractivity contribution in [2.75, 3.05) is 23.8 Å². The van der Waals surface area contributed by atoms with Crippen LogP contribution in [0.2, 0.25) is 0 Å². The molecule has 4 heterocycles. The van der Waals surface area contributed by atoms with Crippen molar-refractivity contribution in [1.29, 1.82) is 0 Å². The third kappa shape index (κ3) is 5.07. The second kappa shape index (κ2) is 10.1. The van der Waals surface area contributed by atoms with Crippen molar-refractivity contribution in [3.05, 3.63) is 89.9 Å². The van der Waals surface area contributed by atoms with Crippen molar-refractivity contribution in [3.63, 3.8) is 0 Å². The molecule has 1 unspecified atom stereocenters. The van der Waals surface area contributed by atoms with Crippen LogP contribution in [0.4, 0.5) is 17.2 Å². The third-order valence-corrected chi connectivity index (χ3v) is 7.51. The quantitative estimate of drug-likeness (QED) is 0.364. The van der Waals surface area contributed by atoms with Crippen molar-refractivity contribution in [3.8, 4) is 0 Å². The van der Waals surface area contributed by atoms with Gasteiger partial charge in [-0.15, -0.1) is 0 Å². The van der Waals surface area contributed by atoms with Crippen LogP contribution in [0, 0.1) is 0 Å². The van der Waals surface area contributed by atoms with Gasteiger partial charge in [-0.1, -0.05) is 26.0 Å². The number of pyridine rings is 2. The van der Waals surface area contributed by atoms with Crippen LogP contribution in [0.3, 0.4) is 0 Å². The highest BCUT2D eigenvalue weighted by Gasteiger charge is 2.37. The number of hydrogen-bond acceptors (Lipinski definition) is 6. The molecule has 198 valence electrons. The Labute approximate surface area is 227 Å². The molecule has 0 bridgehead atoms. The molecule has 2 aromatic carbocycles. The molecule has 2 aromatic heterocycles. The summed E-state index contributed by atoms with van der Waals surface area (Å²) in [4.78, 5) is 37.0. The van der Waals surface area contributed by atoms with E-state index in [0.29, 0.717) is 36.8 Å². The number of aromatic nitrogens is 2. The second-order valence-electron chi connectivity index (χ2n) is 10.9. The molecule has 6 rings (SSSR count). The zero-order chi connectivity index (χ0) is 27.0. The molecule has 0 spiro atoms. The van der Waals surface area contributed by atoms with Gasteiger partial charge in [0.15, 0.2) is 0 Å². The van der Waals surface area contributed by atoms with Crippen LogP contribution in [-0.2, 0) is 21.5 Å². The number of benzene rings is 2. The Morgan fingerprint density at radius 1 is 1.03 bits per heavy atom. The van der Waals surface area contributed by atoms with Crippen LogP contribution in [0.15, 0.2) is 73.2 Å². The molecule has 2 N–H and O–H groups in total. The van der Waals surface area contributed by atoms with Crippen LogP contribution in [-0.4, -0.2) is 45.9 Å². The number of carbonyl (C=O) groups is 2. The monoisotopic (exact) mass is 521 g/mol. The summed E-state index contributed by atoms with van der Waals surface area (Å²) in [7, 11) is 0. The Morgan fingerprint density at radius 2 is 1.90 bits per heavy atom. The highest BCUT2D eigenvalue weighted by molar-refractivity contribution is 6.08. The number of nitrogens with zero attached hydrogens (tertiary/aromatic N) is 3. The minimum atomic E-state index is -0.347. The number of hydrogen-bond donors (Lipinski definition) is 2. The summed E-state index contributed by atoms with van der Waals surface area (Å²) in [5, 5.41) is 8.39. The Hall–Kier alpha value is -4.30. The number of carbonyl (C=O) groups excluding carboxylic acids is 2. The number of rotatable bonds is 5. The van der Waals surface area contributed by atoms with Crippen LogP contribution in [0.1, 0.15) is 48.2 Å². The van der Waals surface area contributed by atoms with Gasteiger partial charge in [0.05, 0.1) is 5.56 Å². The molecule has 39 heavy (non-hydrogen) atoms. The fourth-order valence-corrected chi connectivity index (χ4v) is 5.60. The van der Waals surface area contributed by atoms with E-state index in [9.17, 15) is 9.59 Å². The van der Waals surface area contributed by atoms with E-state index in [1.807, 2.05) is 41.3 Å². The van der Waals surface area contributed by atoms with Gasteiger partial charge in [-0.2, -0.15) is 0 Å². The van der Waals surface area contributed by atoms with E-state index in [-0.39, 0.29) is 23.3 Å². The first-order valence-electron chi connectivity index (χ1n) is 13.3. The van der Waals surface area contributed by atoms with Gasteiger partial charge in [0.1, 0.15) is 11.9 Å². The minimum absolute atomic E-state index is 0.0520. The van der Waals surface area contributed by atoms with Crippen molar-refractivity contribution >= 4 is 39.8 Å². The summed E-state index contributed by atoms with van der Waals surface area (Å²) in [6, 6.07) is 17.3. The SMILES string of the molecule is CC1(C)CN(C(=O)C2CCCO2)Cc2cc(NC(=O)c3cccnc3Nc3ccc4ccncc4c3)ccc21. The van der Waals surface area contributed by atoms with E-state index < -0.39 is 0 Å². The molecule has 2 amide bonds. The van der Waals surface area contributed by atoms with Gasteiger partial charge in [0.2, 0.25) is 0 Å². The number of anilines is 3. The molecule has 8 heteroatoms. The van der Waals surface area contributed by atoms with Gasteiger partial charge in [-0.25, -0.2) is 4.98 Å². The first-order chi connectivity index (χ1) is 18.9. The van der Waals surface area contributed by atoms with Crippen LogP contribution in [0.5, 0.6) is 0 Å². The lowest BCUT2D eigenvalue weighted by Gasteiger charge is -2.41. The summed E-state index contributed by atoms with van der Waals surface area (Å²) in [5.41, 5.74) is 3.93. The van der Waals surface area contributed by atoms with E-state index in [1.165, 1.54) is 5.56 Å². The Bertz CT molecular complexity index is 1560. The molecule has 2 aliphatic rings. The van der Waals surface area contributed by atoms with Crippen LogP contribution < -0.4 is 10.6 Å². The van der Waals surface area contributed by atoms with Crippen molar-refractivity contribution in [1.82, 2.24) is 14.9 Å². The lowest BCUT2D eigenvalue weighted by atomic mass is 9.78. The van der Waals surface area contributed by atoms with E-state index in [1.54, 1.807) is 30.7 Å². The number of ether oxygens (including phenoxy) is 1. The van der Waals surface area contributed by atoms with Crippen LogP contribution >= 0.6 is 0 Å². The minimum Gasteiger partial charge on any atom is -0.368 e. The van der Waals surface area contributed by atoms with Crippen molar-refractivity contribution < 1.29 is 14.3 Å². The van der Waals surface area contributed by atoms with Gasteiger partial charge >= 0.3 is 0 Å². The van der Waals surface area contributed by atoms with Gasteiger partial charge in [0.25, 0.3) is 11.8 Å². The lowest BCUT2D eigenvalue weighted by molar-refractivity contribution is -0.142. The highest BCUT2D eigenvalue weighted by atomic mass is 16.5. The topological polar surface area (TPSA) is 96.5 Å². The maximum Gasteiger partial charge on any atom is 0.259 e. The smallest absolute Gasteiger partial charge is 0.259 e. The lowest BCUT2D eigenvalue weighted by Crippen LogP contribution is -2.48. The summed E-state index contributed by atoms with van der Waals surface area (Å²) in [6.45, 7) is 6.08. The predicted octanol–water partition coefficient (Wildman–Crippen LogP) is 5.42. The predicted molar refractivity (Wildman–Crippen MR) is 151 cm³/mol. The number of fused-ring (bicyclic) bond motifs is 2. The maximum absolute atomic E-state index is 13.4. The summed E-state index contributed by atoms with van der Waals surface area (Å²) in [6.07, 6.45) is 6.57. The highest BCUT2D eigenvalue weighted by Crippen LogP contribution is 2.36.